The van der Waals surface area contributed by atoms with Gasteiger partial charge in [-0.1, -0.05) is 11.6 Å². The normalized spacial score (nSPS) is 14.1. The minimum Gasteiger partial charge on any atom is -0.386 e. The quantitative estimate of drug-likeness (QED) is 0.883. The second-order valence-corrected chi connectivity index (χ2v) is 7.24. The van der Waals surface area contributed by atoms with Crippen molar-refractivity contribution in [2.24, 2.45) is 0 Å². The molecule has 7 heteroatoms. The number of halogens is 1. The van der Waals surface area contributed by atoms with Gasteiger partial charge in [-0.25, -0.2) is 13.4 Å². The zero-order valence-electron chi connectivity index (χ0n) is 8.18. The molecule has 1 aromatic rings. The lowest BCUT2D eigenvalue weighted by molar-refractivity contribution is 0.166. The van der Waals surface area contributed by atoms with Gasteiger partial charge in [-0.05, 0) is 12.8 Å². The van der Waals surface area contributed by atoms with Crippen LogP contribution in [0.3, 0.4) is 0 Å². The number of hydrogen-bond acceptors (Lipinski definition) is 5. The van der Waals surface area contributed by atoms with Crippen molar-refractivity contribution in [2.45, 2.75) is 18.9 Å². The summed E-state index contributed by atoms with van der Waals surface area (Å²) in [5, 5.41) is 10.2. The van der Waals surface area contributed by atoms with Gasteiger partial charge < -0.3 is 5.11 Å². The molecule has 0 aliphatic carbocycles. The molecule has 0 amide bonds. The van der Waals surface area contributed by atoms with E-state index in [-0.39, 0.29) is 5.75 Å². The van der Waals surface area contributed by atoms with Crippen LogP contribution in [0, 0.1) is 0 Å². The number of nitrogens with zero attached hydrogens (tertiary/aromatic N) is 1. The summed E-state index contributed by atoms with van der Waals surface area (Å²) in [6.07, 6.45) is 2.75. The fourth-order valence-corrected chi connectivity index (χ4v) is 2.72. The van der Waals surface area contributed by atoms with E-state index in [1.165, 1.54) is 23.8 Å². The van der Waals surface area contributed by atoms with Gasteiger partial charge in [0.25, 0.3) is 0 Å². The Kier molecular flexibility index (Phi) is 4.51. The molecule has 15 heavy (non-hydrogen) atoms. The second-order valence-electron chi connectivity index (χ2n) is 3.29. The van der Waals surface area contributed by atoms with E-state index in [2.05, 4.69) is 4.98 Å². The lowest BCUT2D eigenvalue weighted by Gasteiger charge is -2.05. The number of aromatic nitrogens is 1. The third-order valence-corrected chi connectivity index (χ3v) is 4.02. The first-order valence-corrected chi connectivity index (χ1v) is 7.61. The molecule has 1 heterocycles. The molecule has 0 aliphatic heterocycles. The minimum absolute atomic E-state index is 0.0865. The third kappa shape index (κ3) is 4.92. The molecule has 0 aromatic carbocycles. The first kappa shape index (κ1) is 12.9. The highest BCUT2D eigenvalue weighted by atomic mass is 35.5. The van der Waals surface area contributed by atoms with Crippen LogP contribution in [0.1, 0.15) is 24.0 Å². The molecule has 0 saturated carbocycles. The van der Waals surface area contributed by atoms with Crippen LogP contribution < -0.4 is 0 Å². The number of rotatable bonds is 5. The Morgan fingerprint density at radius 3 is 2.80 bits per heavy atom. The smallest absolute Gasteiger partial charge is 0.147 e. The summed E-state index contributed by atoms with van der Waals surface area (Å²) in [5.74, 6) is 0.0865. The second kappa shape index (κ2) is 5.25. The highest BCUT2D eigenvalue weighted by Gasteiger charge is 2.12. The molecule has 0 bridgehead atoms. The van der Waals surface area contributed by atoms with E-state index >= 15 is 0 Å². The van der Waals surface area contributed by atoms with Crippen molar-refractivity contribution in [3.8, 4) is 0 Å². The SMILES string of the molecule is CS(=O)(=O)CCCC(O)c1ncc(Cl)s1. The molecule has 0 aliphatic rings. The predicted molar refractivity (Wildman–Crippen MR) is 61.0 cm³/mol. The molecule has 4 nitrogen and oxygen atoms in total. The average molecular weight is 270 g/mol. The van der Waals surface area contributed by atoms with Crippen molar-refractivity contribution >= 4 is 32.8 Å². The van der Waals surface area contributed by atoms with E-state index in [0.29, 0.717) is 22.2 Å². The summed E-state index contributed by atoms with van der Waals surface area (Å²) in [7, 11) is -2.95. The number of aliphatic hydroxyl groups excluding tert-OH is 1. The van der Waals surface area contributed by atoms with Gasteiger partial charge in [-0.15, -0.1) is 11.3 Å². The van der Waals surface area contributed by atoms with Crippen LogP contribution in [0.25, 0.3) is 0 Å². The van der Waals surface area contributed by atoms with Crippen LogP contribution in [0.15, 0.2) is 6.20 Å². The molecule has 1 rings (SSSR count). The van der Waals surface area contributed by atoms with Gasteiger partial charge in [-0.3, -0.25) is 0 Å². The summed E-state index contributed by atoms with van der Waals surface area (Å²) in [6.45, 7) is 0. The van der Waals surface area contributed by atoms with E-state index in [0.717, 1.165) is 0 Å². The first-order valence-electron chi connectivity index (χ1n) is 4.35. The molecule has 1 unspecified atom stereocenters. The molecule has 0 saturated heterocycles. The van der Waals surface area contributed by atoms with Crippen molar-refractivity contribution in [3.63, 3.8) is 0 Å². The summed E-state index contributed by atoms with van der Waals surface area (Å²) in [6, 6.07) is 0. The fraction of sp³-hybridized carbons (Fsp3) is 0.625. The van der Waals surface area contributed by atoms with E-state index < -0.39 is 15.9 Å². The number of aliphatic hydroxyl groups is 1. The Bertz CT molecular complexity index is 415. The number of thiazole rings is 1. The molecular formula is C8H12ClNO3S2. The van der Waals surface area contributed by atoms with E-state index in [1.807, 2.05) is 0 Å². The Balaban J connectivity index is 2.40. The Morgan fingerprint density at radius 1 is 1.67 bits per heavy atom. The van der Waals surface area contributed by atoms with Crippen LogP contribution in [-0.4, -0.2) is 30.5 Å². The van der Waals surface area contributed by atoms with Gasteiger partial charge in [-0.2, -0.15) is 0 Å². The van der Waals surface area contributed by atoms with Crippen LogP contribution >= 0.6 is 22.9 Å². The zero-order valence-corrected chi connectivity index (χ0v) is 10.6. The summed E-state index contributed by atoms with van der Waals surface area (Å²) >= 11 is 6.87. The minimum atomic E-state index is -2.95. The van der Waals surface area contributed by atoms with E-state index in [1.54, 1.807) is 0 Å². The van der Waals surface area contributed by atoms with Crippen LogP contribution in [0.4, 0.5) is 0 Å². The largest absolute Gasteiger partial charge is 0.386 e. The molecule has 0 spiro atoms. The van der Waals surface area contributed by atoms with Gasteiger partial charge >= 0.3 is 0 Å². The zero-order chi connectivity index (χ0) is 11.5. The van der Waals surface area contributed by atoms with E-state index in [9.17, 15) is 13.5 Å². The summed E-state index contributed by atoms with van der Waals surface area (Å²) in [4.78, 5) is 3.92. The number of sulfone groups is 1. The van der Waals surface area contributed by atoms with Crippen LogP contribution in [-0.2, 0) is 9.84 Å². The monoisotopic (exact) mass is 269 g/mol. The third-order valence-electron chi connectivity index (χ3n) is 1.77. The Hall–Kier alpha value is -0.170. The molecule has 0 radical (unpaired) electrons. The van der Waals surface area contributed by atoms with Gasteiger partial charge in [0.1, 0.15) is 25.3 Å². The maximum absolute atomic E-state index is 10.8. The standard InChI is InChI=1S/C8H12ClNO3S2/c1-15(12,13)4-2-3-6(11)8-10-5-7(9)14-8/h5-6,11H,2-4H2,1H3. The van der Waals surface area contributed by atoms with Crippen molar-refractivity contribution < 1.29 is 13.5 Å². The Labute approximate surface area is 97.8 Å². The van der Waals surface area contributed by atoms with Gasteiger partial charge in [0.05, 0.1) is 6.20 Å². The van der Waals surface area contributed by atoms with Crippen molar-refractivity contribution in [2.75, 3.05) is 12.0 Å². The van der Waals surface area contributed by atoms with E-state index in [4.69, 9.17) is 11.6 Å². The first-order chi connectivity index (χ1) is 6.88. The maximum atomic E-state index is 10.8. The molecular weight excluding hydrogens is 258 g/mol. The lowest BCUT2D eigenvalue weighted by atomic mass is 10.2. The summed E-state index contributed by atoms with van der Waals surface area (Å²) in [5.41, 5.74) is 0. The van der Waals surface area contributed by atoms with Crippen LogP contribution in [0.5, 0.6) is 0 Å². The summed E-state index contributed by atoms with van der Waals surface area (Å²) < 4.78 is 22.2. The van der Waals surface area contributed by atoms with Gasteiger partial charge in [0, 0.05) is 12.0 Å². The van der Waals surface area contributed by atoms with Crippen LogP contribution in [0.2, 0.25) is 4.34 Å². The molecule has 86 valence electrons. The number of hydrogen-bond donors (Lipinski definition) is 1. The topological polar surface area (TPSA) is 67.3 Å². The fourth-order valence-electron chi connectivity index (χ4n) is 1.08. The van der Waals surface area contributed by atoms with Crippen molar-refractivity contribution in [1.82, 2.24) is 4.98 Å². The highest BCUT2D eigenvalue weighted by molar-refractivity contribution is 7.90. The molecule has 1 N–H and O–H groups in total. The maximum Gasteiger partial charge on any atom is 0.147 e. The molecule has 1 aromatic heterocycles. The highest BCUT2D eigenvalue weighted by Crippen LogP contribution is 2.26. The Morgan fingerprint density at radius 2 is 2.33 bits per heavy atom. The van der Waals surface area contributed by atoms with Gasteiger partial charge in [0.15, 0.2) is 0 Å². The van der Waals surface area contributed by atoms with Gasteiger partial charge in [0.2, 0.25) is 0 Å². The molecule has 0 fully saturated rings. The molecule has 1 atom stereocenters. The van der Waals surface area contributed by atoms with Crippen molar-refractivity contribution in [1.29, 1.82) is 0 Å². The van der Waals surface area contributed by atoms with Crippen molar-refractivity contribution in [3.05, 3.63) is 15.5 Å². The predicted octanol–water partition coefficient (Wildman–Crippen LogP) is 1.65. The lowest BCUT2D eigenvalue weighted by Crippen LogP contribution is -2.05. The average Bonchev–Trinajstić information content (AvgIpc) is 2.49.